The van der Waals surface area contributed by atoms with Gasteiger partial charge in [0.2, 0.25) is 0 Å². The van der Waals surface area contributed by atoms with Crippen molar-refractivity contribution in [3.8, 4) is 0 Å². The lowest BCUT2D eigenvalue weighted by atomic mass is 10.1. The van der Waals surface area contributed by atoms with E-state index < -0.39 is 0 Å². The zero-order chi connectivity index (χ0) is 12.4. The van der Waals surface area contributed by atoms with Gasteiger partial charge in [-0.3, -0.25) is 0 Å². The first-order valence-electron chi connectivity index (χ1n) is 6.21. The van der Waals surface area contributed by atoms with Gasteiger partial charge in [0, 0.05) is 31.4 Å². The van der Waals surface area contributed by atoms with Gasteiger partial charge in [0.1, 0.15) is 5.82 Å². The van der Waals surface area contributed by atoms with Crippen LogP contribution in [0.25, 0.3) is 0 Å². The smallest absolute Gasteiger partial charge is 0.128 e. The fraction of sp³-hybridized carbons (Fsp3) is 0.615. The summed E-state index contributed by atoms with van der Waals surface area (Å²) in [6.07, 6.45) is 3.10. The molecule has 0 spiro atoms. The Morgan fingerprint density at radius 3 is 2.71 bits per heavy atom. The normalized spacial score (nSPS) is 22.2. The topological polar surface area (TPSA) is 45.4 Å². The minimum absolute atomic E-state index is 0.0599. The lowest BCUT2D eigenvalue weighted by Gasteiger charge is -2.21. The summed E-state index contributed by atoms with van der Waals surface area (Å²) in [5, 5.41) is 0. The molecule has 94 valence electrons. The fourth-order valence-electron chi connectivity index (χ4n) is 2.23. The Hall–Kier alpha value is -1.13. The molecule has 1 aliphatic rings. The van der Waals surface area contributed by atoms with Crippen molar-refractivity contribution < 1.29 is 0 Å². The molecule has 1 fully saturated rings. The van der Waals surface area contributed by atoms with Gasteiger partial charge < -0.3 is 15.5 Å². The lowest BCUT2D eigenvalue weighted by Crippen LogP contribution is -2.31. The number of rotatable bonds is 3. The summed E-state index contributed by atoms with van der Waals surface area (Å²) in [6, 6.07) is 4.86. The van der Waals surface area contributed by atoms with Crippen molar-refractivity contribution in [1.29, 1.82) is 0 Å². The highest BCUT2D eigenvalue weighted by molar-refractivity contribution is 5.41. The van der Waals surface area contributed by atoms with E-state index in [1.165, 1.54) is 6.42 Å². The van der Waals surface area contributed by atoms with Crippen molar-refractivity contribution in [2.24, 2.45) is 5.73 Å². The standard InChI is InChI=1S/C13H22N4/c1-10(14)11-4-5-13(15-8-11)17-7-6-12(9-17)16(2)3/h4-5,8,10,12H,6-7,9,14H2,1-3H3/t10-,12?/m0/s1. The van der Waals surface area contributed by atoms with Crippen LogP contribution in [0.4, 0.5) is 5.82 Å². The summed E-state index contributed by atoms with van der Waals surface area (Å²) < 4.78 is 0. The van der Waals surface area contributed by atoms with Gasteiger partial charge in [0.15, 0.2) is 0 Å². The van der Waals surface area contributed by atoms with Gasteiger partial charge in [0.05, 0.1) is 0 Å². The van der Waals surface area contributed by atoms with Gasteiger partial charge in [-0.2, -0.15) is 0 Å². The van der Waals surface area contributed by atoms with E-state index in [2.05, 4.69) is 41.0 Å². The molecule has 1 unspecified atom stereocenters. The van der Waals surface area contributed by atoms with Crippen LogP contribution in [0, 0.1) is 0 Å². The first-order valence-corrected chi connectivity index (χ1v) is 6.21. The Morgan fingerprint density at radius 1 is 1.47 bits per heavy atom. The maximum Gasteiger partial charge on any atom is 0.128 e. The monoisotopic (exact) mass is 234 g/mol. The Morgan fingerprint density at radius 2 is 2.24 bits per heavy atom. The van der Waals surface area contributed by atoms with Crippen molar-refractivity contribution in [2.45, 2.75) is 25.4 Å². The van der Waals surface area contributed by atoms with Crippen LogP contribution in [0.5, 0.6) is 0 Å². The van der Waals surface area contributed by atoms with E-state index in [1.54, 1.807) is 0 Å². The Kier molecular flexibility index (Phi) is 3.64. The summed E-state index contributed by atoms with van der Waals surface area (Å²) in [7, 11) is 4.28. The molecule has 2 N–H and O–H groups in total. The molecular formula is C13H22N4. The number of hydrogen-bond donors (Lipinski definition) is 1. The summed E-state index contributed by atoms with van der Waals surface area (Å²) in [5.74, 6) is 1.07. The molecule has 4 heteroatoms. The van der Waals surface area contributed by atoms with Gasteiger partial charge in [0.25, 0.3) is 0 Å². The SMILES string of the molecule is C[C@H](N)c1ccc(N2CCC(N(C)C)C2)nc1. The molecule has 0 amide bonds. The van der Waals surface area contributed by atoms with E-state index in [0.717, 1.165) is 24.5 Å². The average molecular weight is 234 g/mol. The third-order valence-corrected chi connectivity index (χ3v) is 3.51. The molecule has 4 nitrogen and oxygen atoms in total. The molecule has 0 saturated carbocycles. The molecule has 2 rings (SSSR count). The second-order valence-electron chi connectivity index (χ2n) is 5.09. The lowest BCUT2D eigenvalue weighted by molar-refractivity contribution is 0.315. The molecule has 0 radical (unpaired) electrons. The van der Waals surface area contributed by atoms with Crippen molar-refractivity contribution >= 4 is 5.82 Å². The molecule has 2 heterocycles. The van der Waals surface area contributed by atoms with E-state index in [0.29, 0.717) is 6.04 Å². The highest BCUT2D eigenvalue weighted by Crippen LogP contribution is 2.21. The van der Waals surface area contributed by atoms with Gasteiger partial charge in [-0.05, 0) is 39.1 Å². The first-order chi connectivity index (χ1) is 8.08. The van der Waals surface area contributed by atoms with Crippen LogP contribution in [0.2, 0.25) is 0 Å². The molecule has 1 aromatic heterocycles. The van der Waals surface area contributed by atoms with Crippen LogP contribution < -0.4 is 10.6 Å². The van der Waals surface area contributed by atoms with E-state index >= 15 is 0 Å². The Balaban J connectivity index is 2.04. The summed E-state index contributed by atoms with van der Waals surface area (Å²) in [6.45, 7) is 4.14. The van der Waals surface area contributed by atoms with Crippen LogP contribution in [-0.4, -0.2) is 43.1 Å². The van der Waals surface area contributed by atoms with Gasteiger partial charge in [-0.25, -0.2) is 4.98 Å². The quantitative estimate of drug-likeness (QED) is 0.855. The molecule has 0 aromatic carbocycles. The maximum atomic E-state index is 5.82. The molecule has 2 atom stereocenters. The molecule has 17 heavy (non-hydrogen) atoms. The second kappa shape index (κ2) is 5.02. The summed E-state index contributed by atoms with van der Waals surface area (Å²) in [5.41, 5.74) is 6.91. The van der Waals surface area contributed by atoms with E-state index in [9.17, 15) is 0 Å². The Labute approximate surface area is 103 Å². The third kappa shape index (κ3) is 2.76. The number of likely N-dealkylation sites (N-methyl/N-ethyl adjacent to an activating group) is 1. The molecule has 0 bridgehead atoms. The van der Waals surface area contributed by atoms with Crippen LogP contribution in [0.1, 0.15) is 24.9 Å². The van der Waals surface area contributed by atoms with Crippen molar-refractivity contribution in [1.82, 2.24) is 9.88 Å². The zero-order valence-corrected chi connectivity index (χ0v) is 10.9. The number of nitrogens with two attached hydrogens (primary N) is 1. The molecular weight excluding hydrogens is 212 g/mol. The van der Waals surface area contributed by atoms with Crippen LogP contribution in [0.3, 0.4) is 0 Å². The average Bonchev–Trinajstić information content (AvgIpc) is 2.78. The van der Waals surface area contributed by atoms with Crippen molar-refractivity contribution in [2.75, 3.05) is 32.1 Å². The third-order valence-electron chi connectivity index (χ3n) is 3.51. The molecule has 1 aromatic rings. The molecule has 0 aliphatic carbocycles. The Bertz CT molecular complexity index is 358. The number of pyridine rings is 1. The number of anilines is 1. The van der Waals surface area contributed by atoms with E-state index in [1.807, 2.05) is 13.1 Å². The highest BCUT2D eigenvalue weighted by Gasteiger charge is 2.24. The minimum Gasteiger partial charge on any atom is -0.355 e. The number of hydrogen-bond acceptors (Lipinski definition) is 4. The van der Waals surface area contributed by atoms with Crippen LogP contribution >= 0.6 is 0 Å². The summed E-state index contributed by atoms with van der Waals surface area (Å²) >= 11 is 0. The number of aromatic nitrogens is 1. The van der Waals surface area contributed by atoms with Gasteiger partial charge >= 0.3 is 0 Å². The predicted molar refractivity (Wildman–Crippen MR) is 71.1 cm³/mol. The van der Waals surface area contributed by atoms with E-state index in [4.69, 9.17) is 5.73 Å². The van der Waals surface area contributed by atoms with E-state index in [-0.39, 0.29) is 6.04 Å². The van der Waals surface area contributed by atoms with Gasteiger partial charge in [-0.1, -0.05) is 6.07 Å². The van der Waals surface area contributed by atoms with Gasteiger partial charge in [-0.15, -0.1) is 0 Å². The summed E-state index contributed by atoms with van der Waals surface area (Å²) in [4.78, 5) is 9.13. The van der Waals surface area contributed by atoms with Crippen LogP contribution in [0.15, 0.2) is 18.3 Å². The van der Waals surface area contributed by atoms with Crippen molar-refractivity contribution in [3.63, 3.8) is 0 Å². The number of nitrogens with zero attached hydrogens (tertiary/aromatic N) is 3. The van der Waals surface area contributed by atoms with Crippen molar-refractivity contribution in [3.05, 3.63) is 23.9 Å². The van der Waals surface area contributed by atoms with Crippen LogP contribution in [-0.2, 0) is 0 Å². The largest absolute Gasteiger partial charge is 0.355 e. The first kappa shape index (κ1) is 12.3. The molecule has 1 saturated heterocycles. The maximum absolute atomic E-state index is 5.82. The highest BCUT2D eigenvalue weighted by atomic mass is 15.3. The predicted octanol–water partition coefficient (Wildman–Crippen LogP) is 1.24. The molecule has 1 aliphatic heterocycles. The minimum atomic E-state index is 0.0599. The fourth-order valence-corrected chi connectivity index (χ4v) is 2.23. The zero-order valence-electron chi connectivity index (χ0n) is 10.9. The second-order valence-corrected chi connectivity index (χ2v) is 5.09.